The van der Waals surface area contributed by atoms with Crippen LogP contribution in [0.25, 0.3) is 0 Å². The first-order chi connectivity index (χ1) is 10.2. The molecule has 1 saturated carbocycles. The van der Waals surface area contributed by atoms with Crippen molar-refractivity contribution in [3.05, 3.63) is 35.9 Å². The molecule has 2 fully saturated rings. The van der Waals surface area contributed by atoms with E-state index in [1.54, 1.807) is 0 Å². The summed E-state index contributed by atoms with van der Waals surface area (Å²) in [6.45, 7) is 8.29. The average molecular weight is 286 g/mol. The number of hydrogen-bond donors (Lipinski definition) is 1. The second kappa shape index (κ2) is 6.50. The molecule has 2 unspecified atom stereocenters. The Kier molecular flexibility index (Phi) is 4.66. The van der Waals surface area contributed by atoms with Gasteiger partial charge in [0, 0.05) is 31.2 Å². The first kappa shape index (κ1) is 15.1. The van der Waals surface area contributed by atoms with Gasteiger partial charge in [0.2, 0.25) is 0 Å². The number of hydrogen-bond acceptors (Lipinski definition) is 2. The standard InChI is InChI=1S/C19H30N2/c1-3-16(2)14-21-15-19(11-7-8-12-19)20-13-18(21)17-9-5-4-6-10-17/h4-6,9-10,16,18,20H,3,7-8,11-15H2,1-2H3. The molecule has 1 spiro atoms. The summed E-state index contributed by atoms with van der Waals surface area (Å²) in [5.41, 5.74) is 1.89. The van der Waals surface area contributed by atoms with Gasteiger partial charge in [-0.3, -0.25) is 4.90 Å². The molecular formula is C19H30N2. The summed E-state index contributed by atoms with van der Waals surface area (Å²) in [5.74, 6) is 0.785. The first-order valence-corrected chi connectivity index (χ1v) is 8.76. The van der Waals surface area contributed by atoms with Gasteiger partial charge in [0.05, 0.1) is 0 Å². The highest BCUT2D eigenvalue weighted by Crippen LogP contribution is 2.37. The van der Waals surface area contributed by atoms with Crippen LogP contribution in [0, 0.1) is 5.92 Å². The summed E-state index contributed by atoms with van der Waals surface area (Å²) in [4.78, 5) is 2.77. The molecule has 0 radical (unpaired) electrons. The highest BCUT2D eigenvalue weighted by Gasteiger charge is 2.41. The topological polar surface area (TPSA) is 15.3 Å². The molecular weight excluding hydrogens is 256 g/mol. The van der Waals surface area contributed by atoms with Crippen LogP contribution in [0.3, 0.4) is 0 Å². The predicted molar refractivity (Wildman–Crippen MR) is 89.4 cm³/mol. The van der Waals surface area contributed by atoms with Crippen molar-refractivity contribution >= 4 is 0 Å². The lowest BCUT2D eigenvalue weighted by Gasteiger charge is -2.47. The summed E-state index contributed by atoms with van der Waals surface area (Å²) in [7, 11) is 0. The Bertz CT molecular complexity index is 436. The molecule has 1 aliphatic heterocycles. The summed E-state index contributed by atoms with van der Waals surface area (Å²) in [6.07, 6.45) is 6.82. The quantitative estimate of drug-likeness (QED) is 0.900. The van der Waals surface area contributed by atoms with Crippen LogP contribution in [-0.4, -0.2) is 30.1 Å². The van der Waals surface area contributed by atoms with Crippen molar-refractivity contribution in [2.45, 2.75) is 57.5 Å². The highest BCUT2D eigenvalue weighted by molar-refractivity contribution is 5.21. The third-order valence-corrected chi connectivity index (χ3v) is 5.61. The van der Waals surface area contributed by atoms with Gasteiger partial charge in [0.25, 0.3) is 0 Å². The summed E-state index contributed by atoms with van der Waals surface area (Å²) in [5, 5.41) is 3.92. The molecule has 2 nitrogen and oxygen atoms in total. The van der Waals surface area contributed by atoms with Gasteiger partial charge in [-0.15, -0.1) is 0 Å². The van der Waals surface area contributed by atoms with Crippen LogP contribution in [0.15, 0.2) is 30.3 Å². The maximum Gasteiger partial charge on any atom is 0.0473 e. The minimum atomic E-state index is 0.415. The Morgan fingerprint density at radius 3 is 2.62 bits per heavy atom. The van der Waals surface area contributed by atoms with Crippen LogP contribution in [0.1, 0.15) is 57.6 Å². The molecule has 2 atom stereocenters. The smallest absolute Gasteiger partial charge is 0.0473 e. The molecule has 3 rings (SSSR count). The molecule has 1 saturated heterocycles. The normalized spacial score (nSPS) is 27.0. The molecule has 1 heterocycles. The molecule has 116 valence electrons. The minimum absolute atomic E-state index is 0.415. The fraction of sp³-hybridized carbons (Fsp3) is 0.684. The summed E-state index contributed by atoms with van der Waals surface area (Å²) >= 11 is 0. The zero-order valence-electron chi connectivity index (χ0n) is 13.6. The van der Waals surface area contributed by atoms with E-state index in [1.165, 1.54) is 50.8 Å². The van der Waals surface area contributed by atoms with E-state index in [-0.39, 0.29) is 0 Å². The van der Waals surface area contributed by atoms with Gasteiger partial charge >= 0.3 is 0 Å². The van der Waals surface area contributed by atoms with Crippen molar-refractivity contribution in [2.75, 3.05) is 19.6 Å². The van der Waals surface area contributed by atoms with Gasteiger partial charge in [0.15, 0.2) is 0 Å². The molecule has 0 aromatic heterocycles. The lowest BCUT2D eigenvalue weighted by atomic mass is 9.89. The van der Waals surface area contributed by atoms with E-state index in [4.69, 9.17) is 0 Å². The van der Waals surface area contributed by atoms with Gasteiger partial charge in [-0.25, -0.2) is 0 Å². The lowest BCUT2D eigenvalue weighted by molar-refractivity contribution is 0.0672. The van der Waals surface area contributed by atoms with Gasteiger partial charge in [-0.05, 0) is 24.3 Å². The zero-order valence-corrected chi connectivity index (χ0v) is 13.6. The van der Waals surface area contributed by atoms with Crippen LogP contribution >= 0.6 is 0 Å². The Hall–Kier alpha value is -0.860. The van der Waals surface area contributed by atoms with E-state index in [0.717, 1.165) is 12.5 Å². The predicted octanol–water partition coefficient (Wildman–Crippen LogP) is 3.99. The molecule has 1 N–H and O–H groups in total. The van der Waals surface area contributed by atoms with E-state index in [0.29, 0.717) is 11.6 Å². The van der Waals surface area contributed by atoms with Gasteiger partial charge in [-0.2, -0.15) is 0 Å². The lowest BCUT2D eigenvalue weighted by Crippen LogP contribution is -2.60. The molecule has 0 bridgehead atoms. The maximum atomic E-state index is 3.92. The Morgan fingerprint density at radius 1 is 1.24 bits per heavy atom. The van der Waals surface area contributed by atoms with Crippen LogP contribution in [0.4, 0.5) is 0 Å². The zero-order chi connectivity index (χ0) is 14.7. The third kappa shape index (κ3) is 3.32. The molecule has 1 aliphatic carbocycles. The monoisotopic (exact) mass is 286 g/mol. The molecule has 2 heteroatoms. The van der Waals surface area contributed by atoms with Crippen molar-refractivity contribution < 1.29 is 0 Å². The maximum absolute atomic E-state index is 3.92. The van der Waals surface area contributed by atoms with Gasteiger partial charge in [0.1, 0.15) is 0 Å². The van der Waals surface area contributed by atoms with E-state index < -0.39 is 0 Å². The van der Waals surface area contributed by atoms with Crippen LogP contribution < -0.4 is 5.32 Å². The number of piperazine rings is 1. The highest BCUT2D eigenvalue weighted by atomic mass is 15.3. The van der Waals surface area contributed by atoms with Crippen LogP contribution in [0.5, 0.6) is 0 Å². The summed E-state index contributed by atoms with van der Waals surface area (Å²) in [6, 6.07) is 11.6. The second-order valence-corrected chi connectivity index (χ2v) is 7.24. The molecule has 0 amide bonds. The van der Waals surface area contributed by atoms with Crippen molar-refractivity contribution in [3.63, 3.8) is 0 Å². The fourth-order valence-corrected chi connectivity index (χ4v) is 4.11. The average Bonchev–Trinajstić information content (AvgIpc) is 2.96. The van der Waals surface area contributed by atoms with Crippen LogP contribution in [0.2, 0.25) is 0 Å². The first-order valence-electron chi connectivity index (χ1n) is 8.76. The number of nitrogens with zero attached hydrogens (tertiary/aromatic N) is 1. The number of nitrogens with one attached hydrogen (secondary N) is 1. The molecule has 1 aromatic rings. The van der Waals surface area contributed by atoms with E-state index >= 15 is 0 Å². The number of rotatable bonds is 4. The van der Waals surface area contributed by atoms with E-state index in [2.05, 4.69) is 54.4 Å². The van der Waals surface area contributed by atoms with Crippen LogP contribution in [-0.2, 0) is 0 Å². The van der Waals surface area contributed by atoms with E-state index in [1.807, 2.05) is 0 Å². The number of benzene rings is 1. The van der Waals surface area contributed by atoms with Gasteiger partial charge in [-0.1, -0.05) is 63.4 Å². The largest absolute Gasteiger partial charge is 0.308 e. The molecule has 21 heavy (non-hydrogen) atoms. The Balaban J connectivity index is 1.78. The SMILES string of the molecule is CCC(C)CN1CC2(CCCC2)NCC1c1ccccc1. The van der Waals surface area contributed by atoms with E-state index in [9.17, 15) is 0 Å². The molecule has 2 aliphatic rings. The third-order valence-electron chi connectivity index (χ3n) is 5.61. The minimum Gasteiger partial charge on any atom is -0.308 e. The van der Waals surface area contributed by atoms with Crippen molar-refractivity contribution in [1.82, 2.24) is 10.2 Å². The van der Waals surface area contributed by atoms with Crippen molar-refractivity contribution in [1.29, 1.82) is 0 Å². The van der Waals surface area contributed by atoms with Crippen molar-refractivity contribution in [3.8, 4) is 0 Å². The van der Waals surface area contributed by atoms with Gasteiger partial charge < -0.3 is 5.32 Å². The Morgan fingerprint density at radius 2 is 1.95 bits per heavy atom. The fourth-order valence-electron chi connectivity index (χ4n) is 4.11. The summed E-state index contributed by atoms with van der Waals surface area (Å²) < 4.78 is 0. The Labute approximate surface area is 129 Å². The van der Waals surface area contributed by atoms with Crippen molar-refractivity contribution in [2.24, 2.45) is 5.92 Å². The second-order valence-electron chi connectivity index (χ2n) is 7.24. The molecule has 1 aromatic carbocycles.